The van der Waals surface area contributed by atoms with Crippen molar-refractivity contribution in [1.82, 2.24) is 5.32 Å². The molecule has 0 amide bonds. The van der Waals surface area contributed by atoms with Crippen LogP contribution in [-0.2, 0) is 4.74 Å². The van der Waals surface area contributed by atoms with Crippen molar-refractivity contribution in [3.63, 3.8) is 0 Å². The van der Waals surface area contributed by atoms with E-state index in [-0.39, 0.29) is 0 Å². The van der Waals surface area contributed by atoms with Crippen molar-refractivity contribution in [2.24, 2.45) is 5.92 Å². The van der Waals surface area contributed by atoms with Gasteiger partial charge in [0.15, 0.2) is 0 Å². The summed E-state index contributed by atoms with van der Waals surface area (Å²) in [4.78, 5) is 0. The summed E-state index contributed by atoms with van der Waals surface area (Å²) >= 11 is 0. The van der Waals surface area contributed by atoms with Crippen LogP contribution in [-0.4, -0.2) is 24.8 Å². The average Bonchev–Trinajstić information content (AvgIpc) is 2.74. The second-order valence-corrected chi connectivity index (χ2v) is 5.07. The molecule has 13 heavy (non-hydrogen) atoms. The monoisotopic (exact) mass is 181 g/mol. The van der Waals surface area contributed by atoms with Crippen molar-refractivity contribution in [3.8, 4) is 0 Å². The first-order chi connectivity index (χ1) is 6.38. The van der Waals surface area contributed by atoms with Gasteiger partial charge in [0.05, 0.1) is 13.2 Å². The standard InChI is InChI=1S/C11H19NO/c1-2-5-11(4-1)6-3-9-7-13-8-10(9)12-11/h9-10,12H,1-8H2. The molecule has 3 fully saturated rings. The average molecular weight is 181 g/mol. The predicted molar refractivity (Wildman–Crippen MR) is 51.7 cm³/mol. The van der Waals surface area contributed by atoms with Gasteiger partial charge in [-0.3, -0.25) is 0 Å². The van der Waals surface area contributed by atoms with Crippen LogP contribution in [0, 0.1) is 5.92 Å². The lowest BCUT2D eigenvalue weighted by Crippen LogP contribution is -2.55. The highest BCUT2D eigenvalue weighted by molar-refractivity contribution is 5.01. The number of ether oxygens (including phenoxy) is 1. The van der Waals surface area contributed by atoms with E-state index in [0.29, 0.717) is 11.6 Å². The van der Waals surface area contributed by atoms with E-state index in [1.54, 1.807) is 0 Å². The molecular weight excluding hydrogens is 162 g/mol. The number of fused-ring (bicyclic) bond motifs is 1. The number of hydrogen-bond donors (Lipinski definition) is 1. The highest BCUT2D eigenvalue weighted by Crippen LogP contribution is 2.40. The molecule has 74 valence electrons. The normalized spacial score (nSPS) is 42.5. The number of nitrogens with one attached hydrogen (secondary N) is 1. The van der Waals surface area contributed by atoms with Gasteiger partial charge in [0.25, 0.3) is 0 Å². The molecule has 1 spiro atoms. The van der Waals surface area contributed by atoms with Crippen LogP contribution in [0.4, 0.5) is 0 Å². The maximum Gasteiger partial charge on any atom is 0.0623 e. The first-order valence-electron chi connectivity index (χ1n) is 5.73. The van der Waals surface area contributed by atoms with Crippen molar-refractivity contribution in [1.29, 1.82) is 0 Å². The molecule has 3 rings (SSSR count). The zero-order valence-electron chi connectivity index (χ0n) is 8.22. The third-order valence-corrected chi connectivity index (χ3v) is 4.24. The molecule has 2 heteroatoms. The van der Waals surface area contributed by atoms with E-state index >= 15 is 0 Å². The van der Waals surface area contributed by atoms with E-state index < -0.39 is 0 Å². The van der Waals surface area contributed by atoms with Gasteiger partial charge in [-0.1, -0.05) is 12.8 Å². The van der Waals surface area contributed by atoms with Gasteiger partial charge in [0.2, 0.25) is 0 Å². The van der Waals surface area contributed by atoms with Crippen LogP contribution < -0.4 is 5.32 Å². The Hall–Kier alpha value is -0.0800. The molecule has 2 nitrogen and oxygen atoms in total. The lowest BCUT2D eigenvalue weighted by atomic mass is 9.80. The molecule has 2 heterocycles. The lowest BCUT2D eigenvalue weighted by molar-refractivity contribution is 0.179. The SMILES string of the molecule is C1CCC2(C1)CCC1COCC1N2. The molecule has 1 aliphatic carbocycles. The van der Waals surface area contributed by atoms with Crippen LogP contribution in [0.3, 0.4) is 0 Å². The van der Waals surface area contributed by atoms with Crippen molar-refractivity contribution in [3.05, 3.63) is 0 Å². The minimum Gasteiger partial charge on any atom is -0.379 e. The fraction of sp³-hybridized carbons (Fsp3) is 1.00. The topological polar surface area (TPSA) is 21.3 Å². The highest BCUT2D eigenvalue weighted by atomic mass is 16.5. The summed E-state index contributed by atoms with van der Waals surface area (Å²) in [6, 6.07) is 0.687. The first kappa shape index (κ1) is 8.25. The van der Waals surface area contributed by atoms with Gasteiger partial charge in [-0.15, -0.1) is 0 Å². The lowest BCUT2D eigenvalue weighted by Gasteiger charge is -2.40. The van der Waals surface area contributed by atoms with E-state index in [2.05, 4.69) is 5.32 Å². The Morgan fingerprint density at radius 3 is 2.77 bits per heavy atom. The molecule has 0 bridgehead atoms. The minimum atomic E-state index is 0.537. The Balaban J connectivity index is 1.73. The largest absolute Gasteiger partial charge is 0.379 e. The summed E-state index contributed by atoms with van der Waals surface area (Å²) in [6.45, 7) is 1.97. The molecule has 0 radical (unpaired) electrons. The van der Waals surface area contributed by atoms with Gasteiger partial charge in [0.1, 0.15) is 0 Å². The zero-order chi connectivity index (χ0) is 8.73. The van der Waals surface area contributed by atoms with E-state index in [0.717, 1.165) is 19.1 Å². The van der Waals surface area contributed by atoms with E-state index in [1.807, 2.05) is 0 Å². The second kappa shape index (κ2) is 2.96. The summed E-state index contributed by atoms with van der Waals surface area (Å²) in [6.07, 6.45) is 8.50. The third kappa shape index (κ3) is 1.31. The van der Waals surface area contributed by atoms with Gasteiger partial charge < -0.3 is 10.1 Å². The quantitative estimate of drug-likeness (QED) is 0.614. The molecule has 2 saturated heterocycles. The maximum absolute atomic E-state index is 5.53. The smallest absolute Gasteiger partial charge is 0.0623 e. The van der Waals surface area contributed by atoms with Gasteiger partial charge in [-0.05, 0) is 31.6 Å². The predicted octanol–water partition coefficient (Wildman–Crippen LogP) is 1.70. The molecule has 0 aromatic rings. The summed E-state index contributed by atoms with van der Waals surface area (Å²) in [5, 5.41) is 3.87. The van der Waals surface area contributed by atoms with Crippen LogP contribution in [0.15, 0.2) is 0 Å². The Kier molecular flexibility index (Phi) is 1.88. The Morgan fingerprint density at radius 2 is 1.92 bits per heavy atom. The fourth-order valence-corrected chi connectivity index (χ4v) is 3.42. The van der Waals surface area contributed by atoms with Crippen molar-refractivity contribution < 1.29 is 4.74 Å². The maximum atomic E-state index is 5.53. The Labute approximate surface area is 80.0 Å². The molecule has 0 aromatic carbocycles. The summed E-state index contributed by atoms with van der Waals surface area (Å²) in [5.74, 6) is 0.825. The number of piperidine rings is 1. The molecule has 2 atom stereocenters. The van der Waals surface area contributed by atoms with Crippen LogP contribution in [0.1, 0.15) is 38.5 Å². The molecule has 1 N–H and O–H groups in total. The van der Waals surface area contributed by atoms with E-state index in [1.165, 1.54) is 38.5 Å². The van der Waals surface area contributed by atoms with E-state index in [9.17, 15) is 0 Å². The molecule has 2 aliphatic heterocycles. The summed E-state index contributed by atoms with van der Waals surface area (Å²) in [5.41, 5.74) is 0.537. The zero-order valence-corrected chi connectivity index (χ0v) is 8.22. The Morgan fingerprint density at radius 1 is 1.08 bits per heavy atom. The van der Waals surface area contributed by atoms with Gasteiger partial charge in [0, 0.05) is 11.6 Å². The van der Waals surface area contributed by atoms with Crippen LogP contribution in [0.25, 0.3) is 0 Å². The number of rotatable bonds is 0. The van der Waals surface area contributed by atoms with Crippen molar-refractivity contribution in [2.45, 2.75) is 50.1 Å². The summed E-state index contributed by atoms with van der Waals surface area (Å²) < 4.78 is 5.53. The van der Waals surface area contributed by atoms with Gasteiger partial charge >= 0.3 is 0 Å². The van der Waals surface area contributed by atoms with E-state index in [4.69, 9.17) is 4.74 Å². The Bertz CT molecular complexity index is 198. The van der Waals surface area contributed by atoms with Crippen LogP contribution in [0.2, 0.25) is 0 Å². The summed E-state index contributed by atoms with van der Waals surface area (Å²) in [7, 11) is 0. The third-order valence-electron chi connectivity index (χ3n) is 4.24. The highest BCUT2D eigenvalue weighted by Gasteiger charge is 2.43. The fourth-order valence-electron chi connectivity index (χ4n) is 3.42. The van der Waals surface area contributed by atoms with Crippen molar-refractivity contribution >= 4 is 0 Å². The first-order valence-corrected chi connectivity index (χ1v) is 5.73. The van der Waals surface area contributed by atoms with Crippen LogP contribution in [0.5, 0.6) is 0 Å². The molecule has 3 aliphatic rings. The number of hydrogen-bond acceptors (Lipinski definition) is 2. The van der Waals surface area contributed by atoms with Gasteiger partial charge in [-0.2, -0.15) is 0 Å². The molecule has 1 saturated carbocycles. The van der Waals surface area contributed by atoms with Gasteiger partial charge in [-0.25, -0.2) is 0 Å². The second-order valence-electron chi connectivity index (χ2n) is 5.07. The van der Waals surface area contributed by atoms with Crippen molar-refractivity contribution in [2.75, 3.05) is 13.2 Å². The molecule has 0 aromatic heterocycles. The van der Waals surface area contributed by atoms with Crippen LogP contribution >= 0.6 is 0 Å². The molecular formula is C11H19NO. The minimum absolute atomic E-state index is 0.537. The molecule has 2 unspecified atom stereocenters.